The Morgan fingerprint density at radius 3 is 2.31 bits per heavy atom. The number of hydrogen-bond acceptors (Lipinski definition) is 7. The SMILES string of the molecule is O=C(COc1ccc(S(=O)(=O)N2CCCCC2)cc1)N1CCN(Cc2ccc3c(c2)OCO3)CC1. The zero-order valence-corrected chi connectivity index (χ0v) is 20.5. The first-order chi connectivity index (χ1) is 17.0. The third-order valence-electron chi connectivity index (χ3n) is 6.71. The van der Waals surface area contributed by atoms with Crippen molar-refractivity contribution in [3.05, 3.63) is 48.0 Å². The van der Waals surface area contributed by atoms with Gasteiger partial charge in [0.2, 0.25) is 16.8 Å². The second kappa shape index (κ2) is 10.4. The number of carbonyl (C=O) groups is 1. The highest BCUT2D eigenvalue weighted by molar-refractivity contribution is 7.89. The molecule has 2 aromatic rings. The van der Waals surface area contributed by atoms with Crippen molar-refractivity contribution in [1.29, 1.82) is 0 Å². The van der Waals surface area contributed by atoms with Crippen LogP contribution in [0.25, 0.3) is 0 Å². The van der Waals surface area contributed by atoms with Crippen LogP contribution in [0, 0.1) is 0 Å². The van der Waals surface area contributed by atoms with Crippen LogP contribution in [0.15, 0.2) is 47.4 Å². The second-order valence-corrected chi connectivity index (χ2v) is 11.0. The maximum Gasteiger partial charge on any atom is 0.260 e. The molecule has 35 heavy (non-hydrogen) atoms. The minimum absolute atomic E-state index is 0.0691. The van der Waals surface area contributed by atoms with E-state index < -0.39 is 10.0 Å². The van der Waals surface area contributed by atoms with Gasteiger partial charge in [0.25, 0.3) is 5.91 Å². The average Bonchev–Trinajstić information content (AvgIpc) is 3.36. The summed E-state index contributed by atoms with van der Waals surface area (Å²) >= 11 is 0. The van der Waals surface area contributed by atoms with Crippen molar-refractivity contribution in [3.8, 4) is 17.2 Å². The Balaban J connectivity index is 1.08. The van der Waals surface area contributed by atoms with Crippen LogP contribution in [-0.2, 0) is 21.4 Å². The van der Waals surface area contributed by atoms with E-state index in [4.69, 9.17) is 14.2 Å². The maximum atomic E-state index is 12.8. The quantitative estimate of drug-likeness (QED) is 0.575. The summed E-state index contributed by atoms with van der Waals surface area (Å²) in [5.41, 5.74) is 1.16. The van der Waals surface area contributed by atoms with Crippen molar-refractivity contribution in [3.63, 3.8) is 0 Å². The van der Waals surface area contributed by atoms with Crippen LogP contribution in [-0.4, -0.2) is 81.1 Å². The summed E-state index contributed by atoms with van der Waals surface area (Å²) in [4.78, 5) is 17.0. The number of sulfonamides is 1. The van der Waals surface area contributed by atoms with Gasteiger partial charge in [0.1, 0.15) is 5.75 Å². The average molecular weight is 502 g/mol. The van der Waals surface area contributed by atoms with Gasteiger partial charge in [-0.2, -0.15) is 4.31 Å². The van der Waals surface area contributed by atoms with Crippen molar-refractivity contribution in [2.75, 3.05) is 52.7 Å². The largest absolute Gasteiger partial charge is 0.484 e. The molecule has 188 valence electrons. The monoisotopic (exact) mass is 501 g/mol. The number of nitrogens with zero attached hydrogens (tertiary/aromatic N) is 3. The van der Waals surface area contributed by atoms with Crippen molar-refractivity contribution < 1.29 is 27.4 Å². The van der Waals surface area contributed by atoms with Crippen LogP contribution in [0.4, 0.5) is 0 Å². The molecule has 2 fully saturated rings. The molecule has 0 saturated carbocycles. The highest BCUT2D eigenvalue weighted by Gasteiger charge is 2.26. The Morgan fingerprint density at radius 2 is 1.57 bits per heavy atom. The molecule has 2 saturated heterocycles. The van der Waals surface area contributed by atoms with E-state index in [2.05, 4.69) is 4.90 Å². The van der Waals surface area contributed by atoms with Gasteiger partial charge in [-0.3, -0.25) is 9.69 Å². The van der Waals surface area contributed by atoms with Crippen molar-refractivity contribution in [1.82, 2.24) is 14.1 Å². The Bertz CT molecular complexity index is 1140. The van der Waals surface area contributed by atoms with Gasteiger partial charge < -0.3 is 19.1 Å². The molecule has 0 spiro atoms. The maximum absolute atomic E-state index is 12.8. The Kier molecular flexibility index (Phi) is 7.12. The lowest BCUT2D eigenvalue weighted by atomic mass is 10.1. The third-order valence-corrected chi connectivity index (χ3v) is 8.62. The van der Waals surface area contributed by atoms with E-state index in [1.807, 2.05) is 23.1 Å². The first-order valence-corrected chi connectivity index (χ1v) is 13.5. The smallest absolute Gasteiger partial charge is 0.260 e. The van der Waals surface area contributed by atoms with Crippen molar-refractivity contribution in [2.24, 2.45) is 0 Å². The lowest BCUT2D eigenvalue weighted by Gasteiger charge is -2.34. The summed E-state index contributed by atoms with van der Waals surface area (Å²) in [6.07, 6.45) is 2.87. The molecule has 0 unspecified atom stereocenters. The van der Waals surface area contributed by atoms with Gasteiger partial charge in [0.05, 0.1) is 4.90 Å². The molecule has 1 amide bonds. The molecule has 3 aliphatic rings. The van der Waals surface area contributed by atoms with E-state index in [-0.39, 0.29) is 24.2 Å². The third kappa shape index (κ3) is 5.55. The van der Waals surface area contributed by atoms with Crippen molar-refractivity contribution in [2.45, 2.75) is 30.7 Å². The molecular formula is C25H31N3O6S. The van der Waals surface area contributed by atoms with Gasteiger partial charge in [-0.15, -0.1) is 0 Å². The number of rotatable bonds is 7. The molecular weight excluding hydrogens is 470 g/mol. The predicted octanol–water partition coefficient (Wildman–Crippen LogP) is 2.31. The van der Waals surface area contributed by atoms with Crippen LogP contribution in [0.3, 0.4) is 0 Å². The van der Waals surface area contributed by atoms with Crippen LogP contribution in [0.1, 0.15) is 24.8 Å². The number of piperazine rings is 1. The van der Waals surface area contributed by atoms with Crippen LogP contribution in [0.2, 0.25) is 0 Å². The summed E-state index contributed by atoms with van der Waals surface area (Å²) in [5, 5.41) is 0. The first kappa shape index (κ1) is 23.9. The van der Waals surface area contributed by atoms with Gasteiger partial charge in [-0.05, 0) is 54.8 Å². The molecule has 0 aliphatic carbocycles. The van der Waals surface area contributed by atoms with Gasteiger partial charge in [0, 0.05) is 45.8 Å². The molecule has 2 aromatic carbocycles. The van der Waals surface area contributed by atoms with E-state index in [9.17, 15) is 13.2 Å². The van der Waals surface area contributed by atoms with Crippen molar-refractivity contribution >= 4 is 15.9 Å². The first-order valence-electron chi connectivity index (χ1n) is 12.1. The minimum atomic E-state index is -3.47. The van der Waals surface area contributed by atoms with Crippen LogP contribution < -0.4 is 14.2 Å². The number of amides is 1. The second-order valence-electron chi connectivity index (χ2n) is 9.07. The number of piperidine rings is 1. The zero-order valence-electron chi connectivity index (χ0n) is 19.7. The molecule has 0 N–H and O–H groups in total. The topological polar surface area (TPSA) is 88.6 Å². The minimum Gasteiger partial charge on any atom is -0.484 e. The summed E-state index contributed by atoms with van der Waals surface area (Å²) in [5.74, 6) is 1.98. The van der Waals surface area contributed by atoms with E-state index in [0.29, 0.717) is 31.9 Å². The normalized spacial score (nSPS) is 19.0. The van der Waals surface area contributed by atoms with Gasteiger partial charge in [0.15, 0.2) is 18.1 Å². The Morgan fingerprint density at radius 1 is 0.857 bits per heavy atom. The lowest BCUT2D eigenvalue weighted by molar-refractivity contribution is -0.135. The number of carbonyl (C=O) groups excluding carboxylic acids is 1. The van der Waals surface area contributed by atoms with E-state index in [1.54, 1.807) is 28.6 Å². The number of ether oxygens (including phenoxy) is 3. The predicted molar refractivity (Wildman–Crippen MR) is 129 cm³/mol. The standard InChI is InChI=1S/C25H31N3O6S/c29-25(18-32-21-5-7-22(8-6-21)35(30,31)28-10-2-1-3-11-28)27-14-12-26(13-15-27)17-20-4-9-23-24(16-20)34-19-33-23/h4-9,16H,1-3,10-15,17-19H2. The number of hydrogen-bond donors (Lipinski definition) is 0. The van der Waals surface area contributed by atoms with Gasteiger partial charge in [-0.25, -0.2) is 8.42 Å². The molecule has 10 heteroatoms. The molecule has 3 heterocycles. The zero-order chi connectivity index (χ0) is 24.3. The van der Waals surface area contributed by atoms with E-state index in [0.717, 1.165) is 56.0 Å². The molecule has 0 atom stereocenters. The van der Waals surface area contributed by atoms with Crippen LogP contribution >= 0.6 is 0 Å². The number of fused-ring (bicyclic) bond motifs is 1. The molecule has 0 aromatic heterocycles. The summed E-state index contributed by atoms with van der Waals surface area (Å²) in [7, 11) is -3.47. The fourth-order valence-electron chi connectivity index (χ4n) is 4.65. The van der Waals surface area contributed by atoms with E-state index >= 15 is 0 Å². The Hall–Kier alpha value is -2.82. The molecule has 0 bridgehead atoms. The van der Waals surface area contributed by atoms with Gasteiger partial charge in [-0.1, -0.05) is 12.5 Å². The molecule has 9 nitrogen and oxygen atoms in total. The molecule has 3 aliphatic heterocycles. The lowest BCUT2D eigenvalue weighted by Crippen LogP contribution is -2.49. The van der Waals surface area contributed by atoms with Gasteiger partial charge >= 0.3 is 0 Å². The molecule has 0 radical (unpaired) electrons. The highest BCUT2D eigenvalue weighted by atomic mass is 32.2. The highest BCUT2D eigenvalue weighted by Crippen LogP contribution is 2.33. The molecule has 5 rings (SSSR count). The summed E-state index contributed by atoms with van der Waals surface area (Å²) in [6.45, 7) is 4.97. The summed E-state index contributed by atoms with van der Waals surface area (Å²) in [6, 6.07) is 12.3. The Labute approximate surface area is 206 Å². The van der Waals surface area contributed by atoms with Crippen LogP contribution in [0.5, 0.6) is 17.2 Å². The summed E-state index contributed by atoms with van der Waals surface area (Å²) < 4.78 is 43.6. The van der Waals surface area contributed by atoms with E-state index in [1.165, 1.54) is 0 Å². The fourth-order valence-corrected chi connectivity index (χ4v) is 6.17. The number of benzene rings is 2. The fraction of sp³-hybridized carbons (Fsp3) is 0.480.